The highest BCUT2D eigenvalue weighted by molar-refractivity contribution is 7.81. The van der Waals surface area contributed by atoms with Crippen molar-refractivity contribution in [1.82, 2.24) is 20.9 Å². The van der Waals surface area contributed by atoms with Crippen LogP contribution in [0.4, 0.5) is 4.79 Å². The Morgan fingerprint density at radius 2 is 1.44 bits per heavy atom. The molecule has 0 radical (unpaired) electrons. The summed E-state index contributed by atoms with van der Waals surface area (Å²) < 4.78 is 4.26. The number of likely N-dealkylation sites (N-methyl/N-ethyl adjacent to an activating group) is 1. The molecule has 2 aromatic carbocycles. The van der Waals surface area contributed by atoms with Crippen LogP contribution >= 0.6 is 25.3 Å². The first kappa shape index (κ1) is 40.3. The van der Waals surface area contributed by atoms with E-state index in [-0.39, 0.29) is 24.3 Å². The predicted molar refractivity (Wildman–Crippen MR) is 190 cm³/mol. The Labute approximate surface area is 293 Å². The molecule has 0 spiro atoms. The number of hydrogen-bond acceptors (Lipinski definition) is 9. The minimum Gasteiger partial charge on any atom is -0.508 e. The topological polar surface area (TPSA) is 174 Å². The summed E-state index contributed by atoms with van der Waals surface area (Å²) in [5, 5.41) is 27.6. The van der Waals surface area contributed by atoms with Gasteiger partial charge >= 0.3 is 12.1 Å². The number of nitrogens with zero attached hydrogens (tertiary/aromatic N) is 1. The van der Waals surface area contributed by atoms with Crippen LogP contribution in [-0.2, 0) is 36.8 Å². The molecule has 0 saturated carbocycles. The van der Waals surface area contributed by atoms with Gasteiger partial charge in [-0.05, 0) is 82.9 Å². The highest BCUT2D eigenvalue weighted by atomic mass is 32.1. The number of carboxylic acid groups (broad SMARTS) is 1. The largest absolute Gasteiger partial charge is 0.508 e. The lowest BCUT2D eigenvalue weighted by molar-refractivity contribution is -0.145. The van der Waals surface area contributed by atoms with Crippen LogP contribution in [-0.4, -0.2) is 92.2 Å². The van der Waals surface area contributed by atoms with Gasteiger partial charge in [0.05, 0.1) is 0 Å². The maximum Gasteiger partial charge on any atom is 0.408 e. The number of thiol groups is 2. The number of carbonyl (C=O) groups is 5. The number of nitrogens with one attached hydrogen (secondary N) is 3. The number of hydrogen-bond donors (Lipinski definition) is 7. The van der Waals surface area contributed by atoms with E-state index in [1.54, 1.807) is 90.9 Å². The van der Waals surface area contributed by atoms with Crippen molar-refractivity contribution in [1.29, 1.82) is 0 Å². The van der Waals surface area contributed by atoms with Gasteiger partial charge in [-0.15, -0.1) is 0 Å². The van der Waals surface area contributed by atoms with E-state index in [4.69, 9.17) is 4.74 Å². The Balaban J connectivity index is 2.41. The summed E-state index contributed by atoms with van der Waals surface area (Å²) in [6.45, 7) is 11.7. The van der Waals surface area contributed by atoms with Gasteiger partial charge in [0, 0.05) is 30.4 Å². The smallest absolute Gasteiger partial charge is 0.408 e. The first-order valence-corrected chi connectivity index (χ1v) is 16.5. The second-order valence-corrected chi connectivity index (χ2v) is 14.8. The van der Waals surface area contributed by atoms with Crippen LogP contribution in [0.5, 0.6) is 5.75 Å². The fourth-order valence-electron chi connectivity index (χ4n) is 5.03. The van der Waals surface area contributed by atoms with Gasteiger partial charge < -0.3 is 35.8 Å². The van der Waals surface area contributed by atoms with Crippen molar-refractivity contribution in [3.05, 3.63) is 64.7 Å². The van der Waals surface area contributed by atoms with Gasteiger partial charge in [-0.3, -0.25) is 14.4 Å². The summed E-state index contributed by atoms with van der Waals surface area (Å²) in [4.78, 5) is 67.3. The third-order valence-electron chi connectivity index (χ3n) is 7.52. The minimum absolute atomic E-state index is 0.0153. The number of aryl methyl sites for hydroxylation is 2. The third-order valence-corrected chi connectivity index (χ3v) is 8.15. The van der Waals surface area contributed by atoms with Crippen LogP contribution in [0.3, 0.4) is 0 Å². The first-order chi connectivity index (χ1) is 22.1. The summed E-state index contributed by atoms with van der Waals surface area (Å²) in [6.07, 6.45) is -0.784. The zero-order chi connectivity index (χ0) is 36.6. The quantitative estimate of drug-likeness (QED) is 0.147. The number of alkyl carbamates (subject to hydrolysis) is 1. The number of aromatic hydroxyl groups is 1. The van der Waals surface area contributed by atoms with Crippen molar-refractivity contribution in [2.75, 3.05) is 12.8 Å². The highest BCUT2D eigenvalue weighted by Gasteiger charge is 2.38. The van der Waals surface area contributed by atoms with Gasteiger partial charge in [0.15, 0.2) is 0 Å². The van der Waals surface area contributed by atoms with Crippen LogP contribution < -0.4 is 16.0 Å². The van der Waals surface area contributed by atoms with E-state index in [0.29, 0.717) is 22.3 Å². The van der Waals surface area contributed by atoms with Crippen molar-refractivity contribution in [3.8, 4) is 5.75 Å². The number of rotatable bonds is 14. The molecule has 0 saturated heterocycles. The second-order valence-electron chi connectivity index (χ2n) is 13.3. The number of carboxylic acids is 1. The zero-order valence-corrected chi connectivity index (χ0v) is 30.4. The van der Waals surface area contributed by atoms with E-state index < -0.39 is 64.3 Å². The van der Waals surface area contributed by atoms with Gasteiger partial charge in [-0.25, -0.2) is 9.59 Å². The standard InChI is InChI=1S/C34H48N4O8S2/c1-19-14-22(39)15-20(2)23(19)17-24(36-32(45)46-33(3,4)5)28(40)35-25(18-47)30(42)38(8)26(16-21-12-10-9-11-13-21)29(41)37-27(31(43)44)34(6,7)48/h9-15,24-27,39,47-48H,16-18H2,1-8H3,(H,35,40)(H,36,45)(H,37,41)(H,43,44)/t24-,25+,26-,27-/m0/s1. The van der Waals surface area contributed by atoms with Crippen molar-refractivity contribution in [2.24, 2.45) is 0 Å². The molecule has 14 heteroatoms. The molecule has 0 aromatic heterocycles. The molecule has 264 valence electrons. The van der Waals surface area contributed by atoms with Gasteiger partial charge in [0.25, 0.3) is 0 Å². The summed E-state index contributed by atoms with van der Waals surface area (Å²) >= 11 is 8.65. The number of carbonyl (C=O) groups excluding carboxylic acids is 4. The van der Waals surface area contributed by atoms with Gasteiger partial charge in [0.2, 0.25) is 17.7 Å². The molecule has 2 rings (SSSR count). The molecule has 2 aromatic rings. The van der Waals surface area contributed by atoms with Crippen molar-refractivity contribution >= 4 is 55.0 Å². The van der Waals surface area contributed by atoms with Crippen molar-refractivity contribution < 1.29 is 38.9 Å². The summed E-state index contributed by atoms with van der Waals surface area (Å²) in [5.74, 6) is -3.50. The lowest BCUT2D eigenvalue weighted by Crippen LogP contribution is -2.61. The van der Waals surface area contributed by atoms with Crippen LogP contribution in [0.25, 0.3) is 0 Å². The number of benzene rings is 2. The molecule has 48 heavy (non-hydrogen) atoms. The Morgan fingerprint density at radius 1 is 0.875 bits per heavy atom. The highest BCUT2D eigenvalue weighted by Crippen LogP contribution is 2.23. The van der Waals surface area contributed by atoms with E-state index >= 15 is 0 Å². The molecule has 0 aliphatic heterocycles. The van der Waals surface area contributed by atoms with E-state index in [0.717, 1.165) is 4.90 Å². The number of ether oxygens (including phenoxy) is 1. The Kier molecular flexibility index (Phi) is 14.2. The predicted octanol–water partition coefficient (Wildman–Crippen LogP) is 3.21. The fourth-order valence-corrected chi connectivity index (χ4v) is 5.46. The molecular formula is C34H48N4O8S2. The van der Waals surface area contributed by atoms with E-state index in [1.807, 2.05) is 0 Å². The molecule has 0 unspecified atom stereocenters. The number of phenolic OH excluding ortho intramolecular Hbond substituents is 1. The molecule has 12 nitrogen and oxygen atoms in total. The molecule has 0 heterocycles. The molecule has 4 atom stereocenters. The number of amides is 4. The van der Waals surface area contributed by atoms with Crippen LogP contribution in [0.2, 0.25) is 0 Å². The summed E-state index contributed by atoms with van der Waals surface area (Å²) in [6, 6.07) is 7.00. The Hall–Kier alpha value is -3.91. The van der Waals surface area contributed by atoms with Crippen LogP contribution in [0, 0.1) is 13.8 Å². The lowest BCUT2D eigenvalue weighted by atomic mass is 9.95. The molecule has 4 amide bonds. The SMILES string of the molecule is Cc1cc(O)cc(C)c1C[C@H](NC(=O)OC(C)(C)C)C(=O)N[C@H](CS)C(=O)N(C)[C@@H](Cc1ccccc1)C(=O)N[C@@H](C(=O)O)C(C)(C)S. The molecule has 0 fully saturated rings. The monoisotopic (exact) mass is 704 g/mol. The van der Waals surface area contributed by atoms with E-state index in [1.165, 1.54) is 7.05 Å². The normalized spacial score (nSPS) is 14.1. The van der Waals surface area contributed by atoms with Crippen molar-refractivity contribution in [2.45, 2.75) is 95.8 Å². The molecular weight excluding hydrogens is 657 g/mol. The second kappa shape index (κ2) is 17.0. The number of aliphatic carboxylic acids is 1. The Morgan fingerprint density at radius 3 is 1.92 bits per heavy atom. The van der Waals surface area contributed by atoms with Crippen molar-refractivity contribution in [3.63, 3.8) is 0 Å². The fraction of sp³-hybridized carbons (Fsp3) is 0.500. The third kappa shape index (κ3) is 12.0. The average molecular weight is 705 g/mol. The van der Waals surface area contributed by atoms with E-state index in [9.17, 15) is 34.2 Å². The molecule has 0 bridgehead atoms. The van der Waals surface area contributed by atoms with Crippen LogP contribution in [0.15, 0.2) is 42.5 Å². The lowest BCUT2D eigenvalue weighted by Gasteiger charge is -2.34. The maximum atomic E-state index is 13.9. The Bertz CT molecular complexity index is 1450. The minimum atomic E-state index is -1.37. The van der Waals surface area contributed by atoms with Crippen LogP contribution in [0.1, 0.15) is 56.9 Å². The van der Waals surface area contributed by atoms with Gasteiger partial charge in [-0.1, -0.05) is 30.3 Å². The molecule has 0 aliphatic carbocycles. The molecule has 0 aliphatic rings. The summed E-state index contributed by atoms with van der Waals surface area (Å²) in [5.41, 5.74) is 1.95. The maximum absolute atomic E-state index is 13.9. The number of phenols is 1. The van der Waals surface area contributed by atoms with Gasteiger partial charge in [-0.2, -0.15) is 25.3 Å². The molecule has 5 N–H and O–H groups in total. The zero-order valence-electron chi connectivity index (χ0n) is 28.7. The average Bonchev–Trinajstić information content (AvgIpc) is 2.96. The summed E-state index contributed by atoms with van der Waals surface area (Å²) in [7, 11) is 1.39. The first-order valence-electron chi connectivity index (χ1n) is 15.4. The van der Waals surface area contributed by atoms with E-state index in [2.05, 4.69) is 41.2 Å². The van der Waals surface area contributed by atoms with Gasteiger partial charge in [0.1, 0.15) is 35.5 Å².